The van der Waals surface area contributed by atoms with E-state index in [1.54, 1.807) is 6.33 Å². The van der Waals surface area contributed by atoms with Crippen molar-refractivity contribution in [3.63, 3.8) is 0 Å². The van der Waals surface area contributed by atoms with Gasteiger partial charge in [0.2, 0.25) is 5.91 Å². The molecule has 2 aromatic heterocycles. The van der Waals surface area contributed by atoms with E-state index in [1.165, 1.54) is 35.1 Å². The first-order valence-electron chi connectivity index (χ1n) is 9.84. The fraction of sp³-hybridized carbons (Fsp3) is 0.632. The van der Waals surface area contributed by atoms with E-state index >= 15 is 0 Å². The highest BCUT2D eigenvalue weighted by molar-refractivity contribution is 7.19. The summed E-state index contributed by atoms with van der Waals surface area (Å²) >= 11 is 1.83. The molecule has 3 aliphatic rings. The fourth-order valence-corrected chi connectivity index (χ4v) is 5.89. The van der Waals surface area contributed by atoms with Crippen LogP contribution in [0.2, 0.25) is 0 Å². The number of hydrogen-bond donors (Lipinski definition) is 1. The number of anilines is 1. The maximum Gasteiger partial charge on any atom is 0.245 e. The smallest absolute Gasteiger partial charge is 0.245 e. The van der Waals surface area contributed by atoms with Gasteiger partial charge >= 0.3 is 0 Å². The summed E-state index contributed by atoms with van der Waals surface area (Å²) in [5, 5.41) is 4.56. The van der Waals surface area contributed by atoms with E-state index in [-0.39, 0.29) is 11.9 Å². The largest absolute Gasteiger partial charge is 0.344 e. The third kappa shape index (κ3) is 2.68. The van der Waals surface area contributed by atoms with Crippen molar-refractivity contribution in [3.8, 4) is 0 Å². The number of fused-ring (bicyclic) bond motifs is 3. The molecule has 0 bridgehead atoms. The zero-order valence-electron chi connectivity index (χ0n) is 15.0. The zero-order chi connectivity index (χ0) is 17.5. The number of thiophene rings is 1. The maximum atomic E-state index is 13.2. The van der Waals surface area contributed by atoms with Gasteiger partial charge in [0.25, 0.3) is 0 Å². The van der Waals surface area contributed by atoms with Gasteiger partial charge in [-0.3, -0.25) is 4.79 Å². The number of aryl methyl sites for hydroxylation is 2. The zero-order valence-corrected chi connectivity index (χ0v) is 15.9. The normalized spacial score (nSPS) is 23.5. The summed E-state index contributed by atoms with van der Waals surface area (Å²) < 4.78 is 0. The Hall–Kier alpha value is -1.73. The van der Waals surface area contributed by atoms with Crippen molar-refractivity contribution in [2.45, 2.75) is 44.6 Å². The van der Waals surface area contributed by atoms with Crippen molar-refractivity contribution in [3.05, 3.63) is 16.8 Å². The van der Waals surface area contributed by atoms with Crippen molar-refractivity contribution in [2.24, 2.45) is 0 Å². The molecule has 138 valence electrons. The van der Waals surface area contributed by atoms with Crippen molar-refractivity contribution < 1.29 is 4.79 Å². The number of rotatable bonds is 2. The van der Waals surface area contributed by atoms with E-state index < -0.39 is 0 Å². The molecule has 2 saturated heterocycles. The Morgan fingerprint density at radius 2 is 1.96 bits per heavy atom. The molecule has 1 amide bonds. The van der Waals surface area contributed by atoms with E-state index in [2.05, 4.69) is 20.2 Å². The highest BCUT2D eigenvalue weighted by atomic mass is 32.1. The highest BCUT2D eigenvalue weighted by Gasteiger charge is 2.36. The van der Waals surface area contributed by atoms with Gasteiger partial charge in [-0.2, -0.15) is 0 Å². The molecule has 1 N–H and O–H groups in total. The third-order valence-electron chi connectivity index (χ3n) is 5.97. The molecular weight excluding hydrogens is 346 g/mol. The highest BCUT2D eigenvalue weighted by Crippen LogP contribution is 2.40. The molecule has 1 unspecified atom stereocenters. The summed E-state index contributed by atoms with van der Waals surface area (Å²) in [7, 11) is 0. The SMILES string of the molecule is O=C(C1CCCN1c1ncnc2sc3c(c12)CCCC3)N1CCNCC1. The van der Waals surface area contributed by atoms with Crippen LogP contribution in [0.5, 0.6) is 0 Å². The molecule has 4 heterocycles. The molecule has 2 aliphatic heterocycles. The fourth-order valence-electron chi connectivity index (χ4n) is 4.66. The van der Waals surface area contributed by atoms with Gasteiger partial charge in [-0.05, 0) is 44.1 Å². The van der Waals surface area contributed by atoms with E-state index in [9.17, 15) is 4.79 Å². The molecule has 5 rings (SSSR count). The molecule has 2 fully saturated rings. The first-order valence-corrected chi connectivity index (χ1v) is 10.7. The molecule has 1 aliphatic carbocycles. The molecule has 6 nitrogen and oxygen atoms in total. The Kier molecular flexibility index (Phi) is 4.29. The molecule has 1 atom stereocenters. The van der Waals surface area contributed by atoms with Crippen LogP contribution in [0.25, 0.3) is 10.2 Å². The van der Waals surface area contributed by atoms with Gasteiger partial charge in [-0.1, -0.05) is 0 Å². The molecule has 26 heavy (non-hydrogen) atoms. The number of nitrogens with one attached hydrogen (secondary N) is 1. The average Bonchev–Trinajstić information content (AvgIpc) is 3.32. The van der Waals surface area contributed by atoms with Crippen molar-refractivity contribution in [1.82, 2.24) is 20.2 Å². The summed E-state index contributed by atoms with van der Waals surface area (Å²) in [4.78, 5) is 29.3. The Morgan fingerprint density at radius 3 is 2.85 bits per heavy atom. The van der Waals surface area contributed by atoms with Crippen LogP contribution in [-0.4, -0.2) is 59.5 Å². The van der Waals surface area contributed by atoms with E-state index in [1.807, 2.05) is 16.2 Å². The number of hydrogen-bond acceptors (Lipinski definition) is 6. The Morgan fingerprint density at radius 1 is 1.12 bits per heavy atom. The first-order chi connectivity index (χ1) is 12.8. The van der Waals surface area contributed by atoms with Crippen LogP contribution in [0.4, 0.5) is 5.82 Å². The van der Waals surface area contributed by atoms with E-state index in [0.717, 1.165) is 62.6 Å². The lowest BCUT2D eigenvalue weighted by Gasteiger charge is -2.33. The van der Waals surface area contributed by atoms with Crippen LogP contribution in [-0.2, 0) is 17.6 Å². The van der Waals surface area contributed by atoms with Crippen LogP contribution >= 0.6 is 11.3 Å². The molecule has 0 aromatic carbocycles. The minimum atomic E-state index is -0.0645. The second kappa shape index (κ2) is 6.78. The molecule has 0 spiro atoms. The Balaban J connectivity index is 1.52. The van der Waals surface area contributed by atoms with Crippen LogP contribution in [0.15, 0.2) is 6.33 Å². The first kappa shape index (κ1) is 16.4. The standard InChI is InChI=1S/C19H25N5OS/c25-19(23-10-7-20-8-11-23)14-5-3-9-24(14)17-16-13-4-1-2-6-15(13)26-18(16)22-12-21-17/h12,14,20H,1-11H2. The Labute approximate surface area is 157 Å². The number of carbonyl (C=O) groups excluding carboxylic acids is 1. The second-order valence-electron chi connectivity index (χ2n) is 7.52. The van der Waals surface area contributed by atoms with Gasteiger partial charge in [0.05, 0.1) is 5.39 Å². The number of carbonyl (C=O) groups is 1. The van der Waals surface area contributed by atoms with Gasteiger partial charge in [0.15, 0.2) is 0 Å². The lowest BCUT2D eigenvalue weighted by atomic mass is 9.97. The lowest BCUT2D eigenvalue weighted by Crippen LogP contribution is -2.52. The monoisotopic (exact) mass is 371 g/mol. The summed E-state index contributed by atoms with van der Waals surface area (Å²) in [6, 6.07) is -0.0645. The average molecular weight is 372 g/mol. The van der Waals surface area contributed by atoms with Gasteiger partial charge in [0, 0.05) is 37.6 Å². The molecule has 7 heteroatoms. The summed E-state index contributed by atoms with van der Waals surface area (Å²) in [5.74, 6) is 1.28. The quantitative estimate of drug-likeness (QED) is 0.875. The maximum absolute atomic E-state index is 13.2. The second-order valence-corrected chi connectivity index (χ2v) is 8.60. The number of nitrogens with zero attached hydrogens (tertiary/aromatic N) is 4. The third-order valence-corrected chi connectivity index (χ3v) is 7.17. The van der Waals surface area contributed by atoms with E-state index in [0.29, 0.717) is 0 Å². The van der Waals surface area contributed by atoms with Gasteiger partial charge in [-0.15, -0.1) is 11.3 Å². The van der Waals surface area contributed by atoms with Gasteiger partial charge in [0.1, 0.15) is 23.0 Å². The molecule has 2 aromatic rings. The Bertz CT molecular complexity index is 829. The molecular formula is C19H25N5OS. The molecule has 0 radical (unpaired) electrons. The number of amides is 1. The summed E-state index contributed by atoms with van der Waals surface area (Å²) in [6.07, 6.45) is 8.48. The predicted molar refractivity (Wildman–Crippen MR) is 104 cm³/mol. The van der Waals surface area contributed by atoms with Crippen LogP contribution in [0.1, 0.15) is 36.1 Å². The van der Waals surface area contributed by atoms with Crippen molar-refractivity contribution in [2.75, 3.05) is 37.6 Å². The summed E-state index contributed by atoms with van der Waals surface area (Å²) in [5.41, 5.74) is 1.45. The van der Waals surface area contributed by atoms with E-state index in [4.69, 9.17) is 0 Å². The lowest BCUT2D eigenvalue weighted by molar-refractivity contribution is -0.133. The van der Waals surface area contributed by atoms with Crippen LogP contribution < -0.4 is 10.2 Å². The van der Waals surface area contributed by atoms with Crippen LogP contribution in [0.3, 0.4) is 0 Å². The number of piperazine rings is 1. The topological polar surface area (TPSA) is 61.4 Å². The number of aromatic nitrogens is 2. The van der Waals surface area contributed by atoms with Crippen molar-refractivity contribution >= 4 is 33.3 Å². The minimum Gasteiger partial charge on any atom is -0.344 e. The summed E-state index contributed by atoms with van der Waals surface area (Å²) in [6.45, 7) is 4.34. The van der Waals surface area contributed by atoms with Crippen LogP contribution in [0, 0.1) is 0 Å². The van der Waals surface area contributed by atoms with Crippen molar-refractivity contribution in [1.29, 1.82) is 0 Å². The van der Waals surface area contributed by atoms with Gasteiger partial charge < -0.3 is 15.1 Å². The van der Waals surface area contributed by atoms with Gasteiger partial charge in [-0.25, -0.2) is 9.97 Å². The minimum absolute atomic E-state index is 0.0645. The molecule has 0 saturated carbocycles. The predicted octanol–water partition coefficient (Wildman–Crippen LogP) is 1.97.